The first-order valence-electron chi connectivity index (χ1n) is 11.4. The minimum atomic E-state index is -1.12. The zero-order valence-electron chi connectivity index (χ0n) is 19.0. The van der Waals surface area contributed by atoms with E-state index in [1.165, 1.54) is 0 Å². The van der Waals surface area contributed by atoms with E-state index < -0.39 is 6.17 Å². The Hall–Kier alpha value is -4.28. The van der Waals surface area contributed by atoms with Gasteiger partial charge in [-0.15, -0.1) is 0 Å². The normalized spacial score (nSPS) is 17.2. The molecule has 4 aromatic rings. The number of pyridine rings is 3. The third kappa shape index (κ3) is 3.78. The van der Waals surface area contributed by atoms with Gasteiger partial charge in [-0.3, -0.25) is 9.48 Å². The van der Waals surface area contributed by atoms with Crippen molar-refractivity contribution in [2.24, 2.45) is 0 Å². The Labute approximate surface area is 199 Å². The van der Waals surface area contributed by atoms with Crippen LogP contribution in [-0.2, 0) is 17.8 Å². The van der Waals surface area contributed by atoms with Crippen LogP contribution in [0.4, 0.5) is 21.8 Å². The van der Waals surface area contributed by atoms with Crippen LogP contribution in [0.2, 0.25) is 0 Å². The lowest BCUT2D eigenvalue weighted by Crippen LogP contribution is -2.25. The highest BCUT2D eigenvalue weighted by Gasteiger charge is 2.26. The van der Waals surface area contributed by atoms with Crippen LogP contribution in [-0.4, -0.2) is 43.8 Å². The minimum absolute atomic E-state index is 0.0599. The van der Waals surface area contributed by atoms with Gasteiger partial charge in [0.15, 0.2) is 5.82 Å². The maximum Gasteiger partial charge on any atom is 0.241 e. The Morgan fingerprint density at radius 2 is 2.11 bits per heavy atom. The van der Waals surface area contributed by atoms with Gasteiger partial charge in [0.25, 0.3) is 0 Å². The number of hydrogen-bond acceptors (Lipinski definition) is 8. The fourth-order valence-corrected chi connectivity index (χ4v) is 4.63. The summed E-state index contributed by atoms with van der Waals surface area (Å²) in [4.78, 5) is 25.1. The van der Waals surface area contributed by atoms with Crippen LogP contribution in [0.25, 0.3) is 22.0 Å². The second-order valence-corrected chi connectivity index (χ2v) is 8.71. The standard InChI is InChI=1S/C24H23FN8O2/c1-12-15(9-29-24-22(12)17(25)3-5-35-24)18-6-13-7-19(28-10-16(13)23(26)30-18)31-20-8-14-2-4-27-21(34)11-33(14)32-20/h6-10,17H,2-5,11H2,1H3,(H2,26,30)(H,27,34)(H,28,31,32)/t17-/m0/s1. The molecule has 4 N–H and O–H groups in total. The van der Waals surface area contributed by atoms with Gasteiger partial charge >= 0.3 is 0 Å². The third-order valence-electron chi connectivity index (χ3n) is 6.41. The number of aromatic nitrogens is 5. The Kier molecular flexibility index (Phi) is 4.97. The summed E-state index contributed by atoms with van der Waals surface area (Å²) < 4.78 is 21.9. The Balaban J connectivity index is 1.36. The summed E-state index contributed by atoms with van der Waals surface area (Å²) in [6.45, 7) is 2.94. The van der Waals surface area contributed by atoms with Crippen LogP contribution in [0.3, 0.4) is 0 Å². The number of carbonyl (C=O) groups excluding carboxylic acids is 1. The number of nitrogens with two attached hydrogens (primary N) is 1. The molecule has 178 valence electrons. The number of anilines is 3. The molecule has 35 heavy (non-hydrogen) atoms. The first kappa shape index (κ1) is 21.3. The first-order chi connectivity index (χ1) is 17.0. The van der Waals surface area contributed by atoms with Crippen LogP contribution in [0, 0.1) is 6.92 Å². The first-order valence-corrected chi connectivity index (χ1v) is 11.4. The summed E-state index contributed by atoms with van der Waals surface area (Å²) in [5.74, 6) is 1.78. The predicted molar refractivity (Wildman–Crippen MR) is 128 cm³/mol. The number of amides is 1. The summed E-state index contributed by atoms with van der Waals surface area (Å²) in [6, 6.07) is 5.66. The number of alkyl halides is 1. The third-order valence-corrected chi connectivity index (χ3v) is 6.41. The van der Waals surface area contributed by atoms with Gasteiger partial charge in [-0.2, -0.15) is 5.10 Å². The molecule has 10 nitrogen and oxygen atoms in total. The summed E-state index contributed by atoms with van der Waals surface area (Å²) in [7, 11) is 0. The van der Waals surface area contributed by atoms with Crippen molar-refractivity contribution in [3.8, 4) is 17.1 Å². The van der Waals surface area contributed by atoms with E-state index in [9.17, 15) is 9.18 Å². The van der Waals surface area contributed by atoms with E-state index in [0.717, 1.165) is 16.6 Å². The number of carbonyl (C=O) groups is 1. The molecule has 6 rings (SSSR count). The molecule has 2 aliphatic heterocycles. The molecule has 1 amide bonds. The number of nitrogens with zero attached hydrogens (tertiary/aromatic N) is 5. The average Bonchev–Trinajstić information content (AvgIpc) is 3.10. The molecule has 0 radical (unpaired) electrons. The van der Waals surface area contributed by atoms with Crippen LogP contribution in [0.15, 0.2) is 30.6 Å². The summed E-state index contributed by atoms with van der Waals surface area (Å²) in [6.07, 6.45) is 3.18. The zero-order chi connectivity index (χ0) is 24.1. The lowest BCUT2D eigenvalue weighted by molar-refractivity contribution is -0.121. The van der Waals surface area contributed by atoms with Crippen molar-refractivity contribution >= 4 is 34.1 Å². The Bertz CT molecular complexity index is 1480. The molecular formula is C24H23FN8O2. The molecule has 2 aliphatic rings. The van der Waals surface area contributed by atoms with E-state index in [4.69, 9.17) is 10.5 Å². The maximum atomic E-state index is 14.6. The quantitative estimate of drug-likeness (QED) is 0.413. The number of fused-ring (bicyclic) bond motifs is 3. The Morgan fingerprint density at radius 3 is 3.00 bits per heavy atom. The van der Waals surface area contributed by atoms with E-state index in [0.29, 0.717) is 71.5 Å². The number of ether oxygens (including phenoxy) is 1. The Morgan fingerprint density at radius 1 is 1.23 bits per heavy atom. The van der Waals surface area contributed by atoms with Gasteiger partial charge in [0.2, 0.25) is 11.8 Å². The van der Waals surface area contributed by atoms with Crippen LogP contribution < -0.4 is 21.1 Å². The summed E-state index contributed by atoms with van der Waals surface area (Å²) in [5, 5.41) is 12.0. The van der Waals surface area contributed by atoms with Gasteiger partial charge in [-0.1, -0.05) is 0 Å². The second kappa shape index (κ2) is 8.19. The van der Waals surface area contributed by atoms with Crippen molar-refractivity contribution in [3.63, 3.8) is 0 Å². The van der Waals surface area contributed by atoms with Crippen molar-refractivity contribution in [1.82, 2.24) is 30.0 Å². The van der Waals surface area contributed by atoms with Crippen LogP contribution in [0.5, 0.6) is 5.88 Å². The second-order valence-electron chi connectivity index (χ2n) is 8.71. The minimum Gasteiger partial charge on any atom is -0.477 e. The molecule has 0 saturated carbocycles. The van der Waals surface area contributed by atoms with Crippen molar-refractivity contribution < 1.29 is 13.9 Å². The van der Waals surface area contributed by atoms with E-state index in [1.807, 2.05) is 25.1 Å². The molecule has 0 unspecified atom stereocenters. The maximum absolute atomic E-state index is 14.6. The monoisotopic (exact) mass is 474 g/mol. The van der Waals surface area contributed by atoms with Gasteiger partial charge < -0.3 is 21.1 Å². The highest BCUT2D eigenvalue weighted by molar-refractivity contribution is 5.95. The fraction of sp³-hybridized carbons (Fsp3) is 0.292. The van der Waals surface area contributed by atoms with E-state index in [1.54, 1.807) is 17.1 Å². The van der Waals surface area contributed by atoms with Gasteiger partial charge in [-0.05, 0) is 30.0 Å². The molecule has 0 aromatic carbocycles. The highest BCUT2D eigenvalue weighted by atomic mass is 19.1. The average molecular weight is 475 g/mol. The van der Waals surface area contributed by atoms with Crippen LogP contribution >= 0.6 is 0 Å². The predicted octanol–water partition coefficient (Wildman–Crippen LogP) is 2.99. The van der Waals surface area contributed by atoms with Crippen molar-refractivity contribution in [1.29, 1.82) is 0 Å². The lowest BCUT2D eigenvalue weighted by atomic mass is 9.96. The topological polar surface area (TPSA) is 133 Å². The van der Waals surface area contributed by atoms with Crippen molar-refractivity contribution in [2.45, 2.75) is 32.5 Å². The number of nitrogen functional groups attached to an aromatic ring is 1. The van der Waals surface area contributed by atoms with Crippen molar-refractivity contribution in [3.05, 3.63) is 47.4 Å². The smallest absolute Gasteiger partial charge is 0.241 e. The fourth-order valence-electron chi connectivity index (χ4n) is 4.63. The molecule has 6 heterocycles. The van der Waals surface area contributed by atoms with Gasteiger partial charge in [0, 0.05) is 54.5 Å². The molecular weight excluding hydrogens is 451 g/mol. The molecule has 0 fully saturated rings. The van der Waals surface area contributed by atoms with Gasteiger partial charge in [-0.25, -0.2) is 19.3 Å². The van der Waals surface area contributed by atoms with Crippen LogP contribution in [0.1, 0.15) is 29.4 Å². The molecule has 0 aliphatic carbocycles. The largest absolute Gasteiger partial charge is 0.477 e. The van der Waals surface area contributed by atoms with E-state index >= 15 is 0 Å². The van der Waals surface area contributed by atoms with Crippen molar-refractivity contribution in [2.75, 3.05) is 24.2 Å². The molecule has 1 atom stereocenters. The number of nitrogens with one attached hydrogen (secondary N) is 2. The summed E-state index contributed by atoms with van der Waals surface area (Å²) >= 11 is 0. The van der Waals surface area contributed by atoms with Gasteiger partial charge in [0.1, 0.15) is 24.4 Å². The lowest BCUT2D eigenvalue weighted by Gasteiger charge is -2.22. The molecule has 0 spiro atoms. The SMILES string of the molecule is Cc1c(-c2cc3cc(Nc4cc5n(n4)CC(=O)NCC5)ncc3c(N)n2)cnc2c1[C@@H](F)CCO2. The number of hydrogen-bond donors (Lipinski definition) is 3. The zero-order valence-corrected chi connectivity index (χ0v) is 19.0. The molecule has 0 saturated heterocycles. The van der Waals surface area contributed by atoms with Gasteiger partial charge in [0.05, 0.1) is 17.9 Å². The molecule has 0 bridgehead atoms. The number of rotatable bonds is 3. The van der Waals surface area contributed by atoms with E-state index in [-0.39, 0.29) is 12.5 Å². The summed E-state index contributed by atoms with van der Waals surface area (Å²) in [5.41, 5.74) is 9.74. The number of halogens is 1. The molecule has 4 aromatic heterocycles. The highest BCUT2D eigenvalue weighted by Crippen LogP contribution is 2.39. The van der Waals surface area contributed by atoms with E-state index in [2.05, 4.69) is 30.7 Å². The molecule has 11 heteroatoms.